The predicted molar refractivity (Wildman–Crippen MR) is 94.2 cm³/mol. The summed E-state index contributed by atoms with van der Waals surface area (Å²) in [6, 6.07) is 3.50. The van der Waals surface area contributed by atoms with Gasteiger partial charge < -0.3 is 19.5 Å². The summed E-state index contributed by atoms with van der Waals surface area (Å²) >= 11 is 0. The first kappa shape index (κ1) is 19.2. The van der Waals surface area contributed by atoms with Crippen molar-refractivity contribution in [3.05, 3.63) is 28.8 Å². The van der Waals surface area contributed by atoms with Crippen LogP contribution < -0.4 is 4.74 Å². The number of aryl methyl sites for hydroxylation is 2. The number of ether oxygens (including phenoxy) is 2. The molecule has 138 valence electrons. The Bertz CT molecular complexity index is 654. The third kappa shape index (κ3) is 4.72. The smallest absolute Gasteiger partial charge is 0.341 e. The molecule has 1 aromatic rings. The zero-order valence-corrected chi connectivity index (χ0v) is 15.8. The molecule has 0 bridgehead atoms. The first-order valence-corrected chi connectivity index (χ1v) is 8.35. The molecule has 1 aromatic carbocycles. The lowest BCUT2D eigenvalue weighted by Gasteiger charge is -2.47. The fourth-order valence-corrected chi connectivity index (χ4v) is 3.55. The van der Waals surface area contributed by atoms with Crippen LogP contribution in [0.5, 0.6) is 5.75 Å². The standard InChI is InChI=1S/C19H27NO5/c1-12-7-14(8-13(2)16(12)24-9-15(21)22)17(23)20-10-18(3,4)25-19(5,6)11-20/h7-8H,9-11H2,1-6H3,(H,21,22). The van der Waals surface area contributed by atoms with E-state index < -0.39 is 23.8 Å². The first-order valence-electron chi connectivity index (χ1n) is 8.35. The van der Waals surface area contributed by atoms with Crippen LogP contribution in [0.2, 0.25) is 0 Å². The number of benzene rings is 1. The summed E-state index contributed by atoms with van der Waals surface area (Å²) in [6.07, 6.45) is 0. The van der Waals surface area contributed by atoms with E-state index in [1.807, 2.05) is 46.4 Å². The highest BCUT2D eigenvalue weighted by atomic mass is 16.5. The molecule has 1 aliphatic heterocycles. The van der Waals surface area contributed by atoms with Gasteiger partial charge in [-0.3, -0.25) is 4.79 Å². The Labute approximate surface area is 148 Å². The van der Waals surface area contributed by atoms with Gasteiger partial charge in [0.2, 0.25) is 0 Å². The number of aliphatic carboxylic acids is 1. The van der Waals surface area contributed by atoms with Gasteiger partial charge in [-0.2, -0.15) is 0 Å². The zero-order valence-electron chi connectivity index (χ0n) is 15.8. The minimum Gasteiger partial charge on any atom is -0.481 e. The van der Waals surface area contributed by atoms with Gasteiger partial charge in [0.15, 0.2) is 6.61 Å². The number of carboxylic acid groups (broad SMARTS) is 1. The number of carboxylic acids is 1. The molecule has 2 rings (SSSR count). The van der Waals surface area contributed by atoms with E-state index >= 15 is 0 Å². The van der Waals surface area contributed by atoms with E-state index in [0.29, 0.717) is 24.4 Å². The maximum atomic E-state index is 13.0. The molecule has 25 heavy (non-hydrogen) atoms. The highest BCUT2D eigenvalue weighted by Crippen LogP contribution is 2.30. The topological polar surface area (TPSA) is 76.1 Å². The third-order valence-corrected chi connectivity index (χ3v) is 4.03. The molecular formula is C19H27NO5. The molecule has 6 heteroatoms. The first-order chi connectivity index (χ1) is 11.4. The molecule has 0 radical (unpaired) electrons. The van der Waals surface area contributed by atoms with Gasteiger partial charge in [-0.05, 0) is 64.8 Å². The molecule has 0 saturated carbocycles. The van der Waals surface area contributed by atoms with Gasteiger partial charge in [-0.1, -0.05) is 0 Å². The number of hydrogen-bond acceptors (Lipinski definition) is 4. The monoisotopic (exact) mass is 349 g/mol. The van der Waals surface area contributed by atoms with Crippen LogP contribution in [0, 0.1) is 13.8 Å². The van der Waals surface area contributed by atoms with E-state index in [9.17, 15) is 9.59 Å². The largest absolute Gasteiger partial charge is 0.481 e. The Hall–Kier alpha value is -2.08. The van der Waals surface area contributed by atoms with E-state index in [2.05, 4.69) is 0 Å². The molecule has 1 heterocycles. The molecule has 1 amide bonds. The fourth-order valence-electron chi connectivity index (χ4n) is 3.55. The molecule has 1 aliphatic rings. The molecule has 0 unspecified atom stereocenters. The van der Waals surface area contributed by atoms with Crippen molar-refractivity contribution in [2.24, 2.45) is 0 Å². The van der Waals surface area contributed by atoms with Gasteiger partial charge in [-0.25, -0.2) is 4.79 Å². The van der Waals surface area contributed by atoms with Gasteiger partial charge in [0, 0.05) is 18.7 Å². The molecule has 0 aromatic heterocycles. The van der Waals surface area contributed by atoms with Crippen LogP contribution in [0.1, 0.15) is 49.2 Å². The van der Waals surface area contributed by atoms with E-state index in [1.54, 1.807) is 12.1 Å². The number of carbonyl (C=O) groups is 2. The summed E-state index contributed by atoms with van der Waals surface area (Å²) in [6.45, 7) is 12.2. The lowest BCUT2D eigenvalue weighted by atomic mass is 9.97. The predicted octanol–water partition coefficient (Wildman–Crippen LogP) is 2.80. The number of amides is 1. The average Bonchev–Trinajstić information content (AvgIpc) is 2.41. The van der Waals surface area contributed by atoms with Crippen molar-refractivity contribution in [3.8, 4) is 5.75 Å². The summed E-state index contributed by atoms with van der Waals surface area (Å²) in [5.41, 5.74) is 1.25. The normalized spacial score (nSPS) is 18.7. The Balaban J connectivity index is 2.26. The molecule has 0 spiro atoms. The van der Waals surface area contributed by atoms with E-state index in [0.717, 1.165) is 11.1 Å². The van der Waals surface area contributed by atoms with Gasteiger partial charge in [0.25, 0.3) is 5.91 Å². The van der Waals surface area contributed by atoms with Gasteiger partial charge in [0.05, 0.1) is 11.2 Å². The summed E-state index contributed by atoms with van der Waals surface area (Å²) in [4.78, 5) is 25.5. The van der Waals surface area contributed by atoms with Crippen LogP contribution in [0.4, 0.5) is 0 Å². The second-order valence-electron chi connectivity index (χ2n) is 7.90. The molecule has 0 aliphatic carbocycles. The molecule has 6 nitrogen and oxygen atoms in total. The van der Waals surface area contributed by atoms with Crippen LogP contribution in [-0.4, -0.2) is 52.8 Å². The number of carbonyl (C=O) groups excluding carboxylic acids is 1. The highest BCUT2D eigenvalue weighted by molar-refractivity contribution is 5.95. The Kier molecular flexibility index (Phi) is 5.14. The quantitative estimate of drug-likeness (QED) is 0.904. The zero-order chi connectivity index (χ0) is 19.0. The minimum absolute atomic E-state index is 0.0552. The summed E-state index contributed by atoms with van der Waals surface area (Å²) in [7, 11) is 0. The second kappa shape index (κ2) is 6.67. The Morgan fingerprint density at radius 2 is 1.60 bits per heavy atom. The van der Waals surface area contributed by atoms with Crippen molar-refractivity contribution in [2.75, 3.05) is 19.7 Å². The molecule has 0 atom stereocenters. The van der Waals surface area contributed by atoms with Gasteiger partial charge in [0.1, 0.15) is 5.75 Å². The van der Waals surface area contributed by atoms with Crippen LogP contribution in [-0.2, 0) is 9.53 Å². The maximum absolute atomic E-state index is 13.0. The number of nitrogens with zero attached hydrogens (tertiary/aromatic N) is 1. The lowest BCUT2D eigenvalue weighted by Crippen LogP contribution is -2.58. The highest BCUT2D eigenvalue weighted by Gasteiger charge is 2.40. The fraction of sp³-hybridized carbons (Fsp3) is 0.579. The maximum Gasteiger partial charge on any atom is 0.341 e. The average molecular weight is 349 g/mol. The molecule has 1 N–H and O–H groups in total. The molecular weight excluding hydrogens is 322 g/mol. The Morgan fingerprint density at radius 1 is 1.12 bits per heavy atom. The number of morpholine rings is 1. The van der Waals surface area contributed by atoms with Crippen molar-refractivity contribution in [1.82, 2.24) is 4.90 Å². The van der Waals surface area contributed by atoms with Crippen molar-refractivity contribution >= 4 is 11.9 Å². The van der Waals surface area contributed by atoms with Gasteiger partial charge in [-0.15, -0.1) is 0 Å². The van der Waals surface area contributed by atoms with Crippen LogP contribution in [0.15, 0.2) is 12.1 Å². The van der Waals surface area contributed by atoms with Crippen molar-refractivity contribution < 1.29 is 24.2 Å². The Morgan fingerprint density at radius 3 is 2.04 bits per heavy atom. The molecule has 1 saturated heterocycles. The third-order valence-electron chi connectivity index (χ3n) is 4.03. The van der Waals surface area contributed by atoms with E-state index in [-0.39, 0.29) is 5.91 Å². The SMILES string of the molecule is Cc1cc(C(=O)N2CC(C)(C)OC(C)(C)C2)cc(C)c1OCC(=O)O. The lowest BCUT2D eigenvalue weighted by molar-refractivity contribution is -0.171. The second-order valence-corrected chi connectivity index (χ2v) is 7.90. The van der Waals surface area contributed by atoms with E-state index in [1.165, 1.54) is 0 Å². The van der Waals surface area contributed by atoms with E-state index in [4.69, 9.17) is 14.6 Å². The van der Waals surface area contributed by atoms with Crippen molar-refractivity contribution in [3.63, 3.8) is 0 Å². The van der Waals surface area contributed by atoms with Gasteiger partial charge >= 0.3 is 5.97 Å². The number of rotatable bonds is 4. The van der Waals surface area contributed by atoms with Crippen molar-refractivity contribution in [1.29, 1.82) is 0 Å². The van der Waals surface area contributed by atoms with Crippen LogP contribution in [0.3, 0.4) is 0 Å². The number of hydrogen-bond donors (Lipinski definition) is 1. The molecule has 1 fully saturated rings. The summed E-state index contributed by atoms with van der Waals surface area (Å²) in [5, 5.41) is 8.77. The summed E-state index contributed by atoms with van der Waals surface area (Å²) < 4.78 is 11.4. The minimum atomic E-state index is -1.03. The summed E-state index contributed by atoms with van der Waals surface area (Å²) in [5.74, 6) is -0.571. The van der Waals surface area contributed by atoms with Crippen LogP contribution in [0.25, 0.3) is 0 Å². The van der Waals surface area contributed by atoms with Crippen molar-refractivity contribution in [2.45, 2.75) is 52.7 Å². The van der Waals surface area contributed by atoms with Crippen LogP contribution >= 0.6 is 0 Å².